The second-order valence-corrected chi connectivity index (χ2v) is 8.27. The Balaban J connectivity index is 0.00000261. The topological polar surface area (TPSA) is 87.3 Å². The lowest BCUT2D eigenvalue weighted by Gasteiger charge is -2.12. The lowest BCUT2D eigenvalue weighted by molar-refractivity contribution is 0.0940. The molecule has 27 heavy (non-hydrogen) atoms. The molecule has 2 aromatic rings. The van der Waals surface area contributed by atoms with Gasteiger partial charge in [-0.1, -0.05) is 6.07 Å². The number of sulfonamides is 1. The Labute approximate surface area is 166 Å². The summed E-state index contributed by atoms with van der Waals surface area (Å²) in [7, 11) is -3.66. The molecule has 1 unspecified atom stereocenters. The number of rotatable bonds is 5. The van der Waals surface area contributed by atoms with Gasteiger partial charge >= 0.3 is 0 Å². The van der Waals surface area contributed by atoms with E-state index in [1.807, 2.05) is 13.8 Å². The van der Waals surface area contributed by atoms with Crippen LogP contribution in [0.3, 0.4) is 0 Å². The molecule has 3 N–H and O–H groups in total. The van der Waals surface area contributed by atoms with Crippen LogP contribution >= 0.6 is 12.4 Å². The Morgan fingerprint density at radius 3 is 2.37 bits per heavy atom. The summed E-state index contributed by atoms with van der Waals surface area (Å²) in [6.45, 7) is 5.50. The molecule has 1 saturated heterocycles. The molecule has 1 heterocycles. The van der Waals surface area contributed by atoms with E-state index in [2.05, 4.69) is 15.4 Å². The Morgan fingerprint density at radius 1 is 1.07 bits per heavy atom. The Morgan fingerprint density at radius 2 is 1.78 bits per heavy atom. The molecule has 0 aromatic heterocycles. The minimum absolute atomic E-state index is 0. The standard InChI is InChI=1S/C19H23N3O3S.ClH/c1-13-3-8-18(11-14(13)2)26(24,25)22-16-6-4-15(5-7-16)19(23)21-17-9-10-20-12-17;/h3-8,11,17,20,22H,9-10,12H2,1-2H3,(H,21,23);1H. The minimum Gasteiger partial charge on any atom is -0.348 e. The zero-order valence-electron chi connectivity index (χ0n) is 15.3. The van der Waals surface area contributed by atoms with E-state index in [-0.39, 0.29) is 29.3 Å². The SMILES string of the molecule is Cc1ccc(S(=O)(=O)Nc2ccc(C(=O)NC3CCNC3)cc2)cc1C.Cl. The number of carbonyl (C=O) groups excluding carboxylic acids is 1. The van der Waals surface area contributed by atoms with Gasteiger partial charge in [-0.05, 0) is 74.3 Å². The Hall–Kier alpha value is -2.09. The molecule has 0 bridgehead atoms. The summed E-state index contributed by atoms with van der Waals surface area (Å²) in [6.07, 6.45) is 0.916. The molecule has 0 radical (unpaired) electrons. The molecule has 8 heteroatoms. The fraction of sp³-hybridized carbons (Fsp3) is 0.316. The first-order valence-electron chi connectivity index (χ1n) is 8.57. The number of anilines is 1. The predicted molar refractivity (Wildman–Crippen MR) is 109 cm³/mol. The van der Waals surface area contributed by atoms with Crippen molar-refractivity contribution in [2.24, 2.45) is 0 Å². The number of benzene rings is 2. The van der Waals surface area contributed by atoms with Gasteiger partial charge in [0.15, 0.2) is 0 Å². The molecule has 3 rings (SSSR count). The number of halogens is 1. The van der Waals surface area contributed by atoms with Crippen molar-refractivity contribution in [3.63, 3.8) is 0 Å². The van der Waals surface area contributed by atoms with Crippen molar-refractivity contribution in [3.8, 4) is 0 Å². The largest absolute Gasteiger partial charge is 0.348 e. The van der Waals surface area contributed by atoms with E-state index in [1.165, 1.54) is 0 Å². The van der Waals surface area contributed by atoms with Crippen LogP contribution in [0.2, 0.25) is 0 Å². The second-order valence-electron chi connectivity index (χ2n) is 6.59. The van der Waals surface area contributed by atoms with Crippen LogP contribution in [0, 0.1) is 13.8 Å². The molecule has 1 aliphatic heterocycles. The maximum Gasteiger partial charge on any atom is 0.261 e. The first-order chi connectivity index (χ1) is 12.3. The first-order valence-corrected chi connectivity index (χ1v) is 10.1. The van der Waals surface area contributed by atoms with Crippen LogP contribution in [0.25, 0.3) is 0 Å². The monoisotopic (exact) mass is 409 g/mol. The lowest BCUT2D eigenvalue weighted by Crippen LogP contribution is -2.36. The second kappa shape index (κ2) is 8.73. The quantitative estimate of drug-likeness (QED) is 0.708. The van der Waals surface area contributed by atoms with Crippen LogP contribution in [-0.2, 0) is 10.0 Å². The van der Waals surface area contributed by atoms with Gasteiger partial charge in [0.25, 0.3) is 15.9 Å². The maximum atomic E-state index is 12.5. The highest BCUT2D eigenvalue weighted by molar-refractivity contribution is 7.92. The average Bonchev–Trinajstić information content (AvgIpc) is 3.10. The van der Waals surface area contributed by atoms with Crippen molar-refractivity contribution in [2.45, 2.75) is 31.2 Å². The molecule has 1 fully saturated rings. The molecule has 6 nitrogen and oxygen atoms in total. The average molecular weight is 410 g/mol. The molecule has 0 spiro atoms. The molecule has 2 aromatic carbocycles. The third-order valence-corrected chi connectivity index (χ3v) is 5.96. The van der Waals surface area contributed by atoms with E-state index >= 15 is 0 Å². The summed E-state index contributed by atoms with van der Waals surface area (Å²) in [5.74, 6) is -0.151. The lowest BCUT2D eigenvalue weighted by atomic mass is 10.1. The van der Waals surface area contributed by atoms with Gasteiger partial charge in [0, 0.05) is 23.8 Å². The van der Waals surface area contributed by atoms with E-state index in [0.717, 1.165) is 30.6 Å². The fourth-order valence-electron chi connectivity index (χ4n) is 2.83. The van der Waals surface area contributed by atoms with Crippen molar-refractivity contribution in [3.05, 3.63) is 59.2 Å². The summed E-state index contributed by atoms with van der Waals surface area (Å²) >= 11 is 0. The molecular formula is C19H24ClN3O3S. The smallest absolute Gasteiger partial charge is 0.261 e. The zero-order chi connectivity index (χ0) is 18.7. The van der Waals surface area contributed by atoms with Crippen molar-refractivity contribution in [1.82, 2.24) is 10.6 Å². The van der Waals surface area contributed by atoms with Crippen molar-refractivity contribution in [1.29, 1.82) is 0 Å². The van der Waals surface area contributed by atoms with Crippen molar-refractivity contribution in [2.75, 3.05) is 17.8 Å². The van der Waals surface area contributed by atoms with E-state index < -0.39 is 10.0 Å². The van der Waals surface area contributed by atoms with Gasteiger partial charge in [0.1, 0.15) is 0 Å². The van der Waals surface area contributed by atoms with Crippen LogP contribution < -0.4 is 15.4 Å². The highest BCUT2D eigenvalue weighted by Crippen LogP contribution is 2.19. The normalized spacial score (nSPS) is 16.4. The summed E-state index contributed by atoms with van der Waals surface area (Å²) in [5, 5.41) is 6.16. The van der Waals surface area contributed by atoms with Crippen LogP contribution in [0.5, 0.6) is 0 Å². The fourth-order valence-corrected chi connectivity index (χ4v) is 3.97. The van der Waals surface area contributed by atoms with Gasteiger partial charge < -0.3 is 10.6 Å². The minimum atomic E-state index is -3.66. The van der Waals surface area contributed by atoms with Gasteiger partial charge in [-0.25, -0.2) is 8.42 Å². The summed E-state index contributed by atoms with van der Waals surface area (Å²) in [5.41, 5.74) is 2.88. The summed E-state index contributed by atoms with van der Waals surface area (Å²) < 4.78 is 27.6. The Kier molecular flexibility index (Phi) is 6.86. The van der Waals surface area contributed by atoms with Crippen LogP contribution in [-0.4, -0.2) is 33.5 Å². The predicted octanol–water partition coefficient (Wildman–Crippen LogP) is 2.62. The molecule has 0 aliphatic carbocycles. The number of nitrogens with one attached hydrogen (secondary N) is 3. The molecule has 0 saturated carbocycles. The van der Waals surface area contributed by atoms with Gasteiger partial charge in [-0.15, -0.1) is 12.4 Å². The highest BCUT2D eigenvalue weighted by atomic mass is 35.5. The van der Waals surface area contributed by atoms with E-state index in [9.17, 15) is 13.2 Å². The third kappa shape index (κ3) is 5.22. The number of amides is 1. The molecular weight excluding hydrogens is 386 g/mol. The number of aryl methyl sites for hydroxylation is 2. The number of hydrogen-bond acceptors (Lipinski definition) is 4. The molecule has 1 aliphatic rings. The third-order valence-electron chi connectivity index (χ3n) is 4.58. The summed E-state index contributed by atoms with van der Waals surface area (Å²) in [4.78, 5) is 12.4. The number of hydrogen-bond donors (Lipinski definition) is 3. The zero-order valence-corrected chi connectivity index (χ0v) is 16.9. The Bertz CT molecular complexity index is 908. The van der Waals surface area contributed by atoms with Crippen LogP contribution in [0.1, 0.15) is 27.9 Å². The van der Waals surface area contributed by atoms with E-state index in [4.69, 9.17) is 0 Å². The van der Waals surface area contributed by atoms with Gasteiger partial charge in [0.2, 0.25) is 0 Å². The molecule has 1 atom stereocenters. The van der Waals surface area contributed by atoms with Gasteiger partial charge in [-0.2, -0.15) is 0 Å². The first kappa shape index (κ1) is 21.2. The number of carbonyl (C=O) groups is 1. The van der Waals surface area contributed by atoms with Crippen molar-refractivity contribution < 1.29 is 13.2 Å². The molecule has 146 valence electrons. The van der Waals surface area contributed by atoms with Crippen LogP contribution in [0.4, 0.5) is 5.69 Å². The van der Waals surface area contributed by atoms with E-state index in [1.54, 1.807) is 42.5 Å². The highest BCUT2D eigenvalue weighted by Gasteiger charge is 2.18. The molecule has 1 amide bonds. The van der Waals surface area contributed by atoms with Crippen LogP contribution in [0.15, 0.2) is 47.4 Å². The van der Waals surface area contributed by atoms with E-state index in [0.29, 0.717) is 11.3 Å². The maximum absolute atomic E-state index is 12.5. The van der Waals surface area contributed by atoms with Gasteiger partial charge in [0.05, 0.1) is 4.90 Å². The van der Waals surface area contributed by atoms with Crippen molar-refractivity contribution >= 4 is 34.0 Å². The summed E-state index contributed by atoms with van der Waals surface area (Å²) in [6, 6.07) is 11.6. The van der Waals surface area contributed by atoms with Gasteiger partial charge in [-0.3, -0.25) is 9.52 Å².